The van der Waals surface area contributed by atoms with Gasteiger partial charge in [0.2, 0.25) is 5.91 Å². The van der Waals surface area contributed by atoms with Crippen molar-refractivity contribution in [3.8, 4) is 11.3 Å². The minimum Gasteiger partial charge on any atom is -0.338 e. The van der Waals surface area contributed by atoms with Crippen LogP contribution in [0.5, 0.6) is 0 Å². The Morgan fingerprint density at radius 2 is 1.77 bits per heavy atom. The van der Waals surface area contributed by atoms with Crippen LogP contribution in [0.1, 0.15) is 33.6 Å². The molecule has 0 bridgehead atoms. The standard InChI is InChI=1S/C24H26ClF3N8O3.ClH/c1-3-36-13-16(20(32-36)24(26,27)28)18-12-30-21(33(18)2)22(38)31-14-4-5-15(17(25)10-14)23(39)35-8-6-34(7-9-35)19(37)11-29;/h4-5,10,12-13H,3,6-9,11,29H2,1-2H3,(H,31,38);1H. The Morgan fingerprint density at radius 3 is 2.35 bits per heavy atom. The van der Waals surface area contributed by atoms with Gasteiger partial charge in [0.1, 0.15) is 0 Å². The Bertz CT molecular complexity index is 1410. The van der Waals surface area contributed by atoms with Gasteiger partial charge in [0.15, 0.2) is 11.5 Å². The molecule has 0 atom stereocenters. The van der Waals surface area contributed by atoms with E-state index in [1.54, 1.807) is 16.7 Å². The van der Waals surface area contributed by atoms with Gasteiger partial charge in [0.25, 0.3) is 11.8 Å². The summed E-state index contributed by atoms with van der Waals surface area (Å²) in [6, 6.07) is 4.36. The lowest BCUT2D eigenvalue weighted by Gasteiger charge is -2.34. The van der Waals surface area contributed by atoms with Crippen LogP contribution >= 0.6 is 24.0 Å². The van der Waals surface area contributed by atoms with Crippen LogP contribution in [0.15, 0.2) is 30.6 Å². The SMILES string of the molecule is CCn1cc(-c2cnc(C(=O)Nc3ccc(C(=O)N4CCN(C(=O)CN)CC4)c(Cl)c3)n2C)c(C(F)(F)F)n1.Cl. The topological polar surface area (TPSA) is 131 Å². The van der Waals surface area contributed by atoms with Gasteiger partial charge in [0.05, 0.1) is 34.6 Å². The van der Waals surface area contributed by atoms with Gasteiger partial charge in [-0.15, -0.1) is 12.4 Å². The highest BCUT2D eigenvalue weighted by molar-refractivity contribution is 6.34. The van der Waals surface area contributed by atoms with Gasteiger partial charge in [-0.3, -0.25) is 19.1 Å². The molecule has 40 heavy (non-hydrogen) atoms. The Morgan fingerprint density at radius 1 is 1.12 bits per heavy atom. The van der Waals surface area contributed by atoms with Crippen LogP contribution in [0.3, 0.4) is 0 Å². The summed E-state index contributed by atoms with van der Waals surface area (Å²) >= 11 is 6.35. The highest BCUT2D eigenvalue weighted by Gasteiger charge is 2.38. The minimum atomic E-state index is -4.69. The van der Waals surface area contributed by atoms with Crippen molar-refractivity contribution < 1.29 is 27.6 Å². The van der Waals surface area contributed by atoms with Crippen molar-refractivity contribution in [3.63, 3.8) is 0 Å². The second-order valence-electron chi connectivity index (χ2n) is 8.80. The van der Waals surface area contributed by atoms with Crippen LogP contribution in [-0.4, -0.2) is 79.6 Å². The summed E-state index contributed by atoms with van der Waals surface area (Å²) < 4.78 is 43.0. The number of halogens is 5. The normalized spacial score (nSPS) is 13.7. The van der Waals surface area contributed by atoms with Gasteiger partial charge < -0.3 is 25.4 Å². The molecule has 0 radical (unpaired) electrons. The maximum Gasteiger partial charge on any atom is 0.435 e. The van der Waals surface area contributed by atoms with Crippen LogP contribution in [-0.2, 0) is 24.6 Å². The van der Waals surface area contributed by atoms with Crippen molar-refractivity contribution in [1.29, 1.82) is 0 Å². The van der Waals surface area contributed by atoms with E-state index in [1.807, 2.05) is 0 Å². The number of aromatic nitrogens is 4. The maximum atomic E-state index is 13.5. The van der Waals surface area contributed by atoms with E-state index < -0.39 is 17.8 Å². The third-order valence-corrected chi connectivity index (χ3v) is 6.69. The third-order valence-electron chi connectivity index (χ3n) is 6.37. The van der Waals surface area contributed by atoms with Gasteiger partial charge in [-0.05, 0) is 25.1 Å². The zero-order chi connectivity index (χ0) is 28.5. The van der Waals surface area contributed by atoms with Gasteiger partial charge >= 0.3 is 6.18 Å². The molecular weight excluding hydrogens is 576 g/mol. The number of imidazole rings is 1. The lowest BCUT2D eigenvalue weighted by atomic mass is 10.1. The van der Waals surface area contributed by atoms with Crippen LogP contribution in [0.4, 0.5) is 18.9 Å². The monoisotopic (exact) mass is 602 g/mol. The molecule has 0 aliphatic carbocycles. The van der Waals surface area contributed by atoms with Crippen LogP contribution in [0.2, 0.25) is 5.02 Å². The average Bonchev–Trinajstić information content (AvgIpc) is 3.51. The number of carbonyl (C=O) groups excluding carboxylic acids is 3. The predicted molar refractivity (Wildman–Crippen MR) is 143 cm³/mol. The van der Waals surface area contributed by atoms with Crippen molar-refractivity contribution in [2.75, 3.05) is 38.0 Å². The Kier molecular flexibility index (Phi) is 9.48. The van der Waals surface area contributed by atoms with E-state index in [-0.39, 0.29) is 70.7 Å². The summed E-state index contributed by atoms with van der Waals surface area (Å²) in [6.45, 7) is 3.19. The van der Waals surface area contributed by atoms with Crippen molar-refractivity contribution >= 4 is 47.4 Å². The number of carbonyl (C=O) groups is 3. The summed E-state index contributed by atoms with van der Waals surface area (Å²) in [5.41, 5.74) is 4.68. The molecule has 3 heterocycles. The van der Waals surface area contributed by atoms with Crippen LogP contribution in [0.25, 0.3) is 11.3 Å². The Balaban J connectivity index is 0.00000441. The zero-order valence-corrected chi connectivity index (χ0v) is 23.1. The third kappa shape index (κ3) is 6.24. The smallest absolute Gasteiger partial charge is 0.338 e. The van der Waals surface area contributed by atoms with E-state index in [1.165, 1.54) is 42.2 Å². The largest absolute Gasteiger partial charge is 0.435 e. The van der Waals surface area contributed by atoms with E-state index in [2.05, 4.69) is 15.4 Å². The van der Waals surface area contributed by atoms with Crippen molar-refractivity contribution in [3.05, 3.63) is 52.7 Å². The first-order valence-electron chi connectivity index (χ1n) is 12.0. The fourth-order valence-electron chi connectivity index (χ4n) is 4.26. The van der Waals surface area contributed by atoms with E-state index in [9.17, 15) is 27.6 Å². The fourth-order valence-corrected chi connectivity index (χ4v) is 4.52. The first-order chi connectivity index (χ1) is 18.4. The molecule has 1 fully saturated rings. The molecule has 2 aromatic heterocycles. The summed E-state index contributed by atoms with van der Waals surface area (Å²) in [7, 11) is 1.43. The minimum absolute atomic E-state index is 0. The lowest BCUT2D eigenvalue weighted by Crippen LogP contribution is -2.51. The van der Waals surface area contributed by atoms with Gasteiger partial charge in [-0.2, -0.15) is 18.3 Å². The zero-order valence-electron chi connectivity index (χ0n) is 21.5. The van der Waals surface area contributed by atoms with E-state index in [0.717, 1.165) is 4.68 Å². The molecular formula is C24H27Cl2F3N8O3. The van der Waals surface area contributed by atoms with E-state index >= 15 is 0 Å². The first kappa shape index (κ1) is 30.9. The molecule has 216 valence electrons. The molecule has 3 aromatic rings. The molecule has 1 aliphatic rings. The van der Waals surface area contributed by atoms with E-state index in [4.69, 9.17) is 17.3 Å². The number of hydrogen-bond acceptors (Lipinski definition) is 6. The number of anilines is 1. The number of rotatable bonds is 6. The number of hydrogen-bond donors (Lipinski definition) is 2. The molecule has 3 N–H and O–H groups in total. The van der Waals surface area contributed by atoms with Gasteiger partial charge in [-0.1, -0.05) is 11.6 Å². The number of nitrogens with two attached hydrogens (primary N) is 1. The average molecular weight is 603 g/mol. The number of piperazine rings is 1. The molecule has 4 rings (SSSR count). The predicted octanol–water partition coefficient (Wildman–Crippen LogP) is 2.89. The Labute approximate surface area is 238 Å². The molecule has 16 heteroatoms. The summed E-state index contributed by atoms with van der Waals surface area (Å²) in [6.07, 6.45) is -2.25. The van der Waals surface area contributed by atoms with Crippen molar-refractivity contribution in [1.82, 2.24) is 29.1 Å². The summed E-state index contributed by atoms with van der Waals surface area (Å²) in [5.74, 6) is -1.32. The number of alkyl halides is 3. The number of nitrogens with one attached hydrogen (secondary N) is 1. The number of amides is 3. The van der Waals surface area contributed by atoms with Crippen molar-refractivity contribution in [2.45, 2.75) is 19.6 Å². The van der Waals surface area contributed by atoms with Gasteiger partial charge in [0, 0.05) is 51.7 Å². The maximum absolute atomic E-state index is 13.5. The second kappa shape index (κ2) is 12.3. The quantitative estimate of drug-likeness (QED) is 0.446. The molecule has 0 saturated carbocycles. The van der Waals surface area contributed by atoms with E-state index in [0.29, 0.717) is 26.2 Å². The molecule has 0 unspecified atom stereocenters. The number of benzene rings is 1. The second-order valence-corrected chi connectivity index (χ2v) is 9.20. The highest BCUT2D eigenvalue weighted by Crippen LogP contribution is 2.36. The molecule has 11 nitrogen and oxygen atoms in total. The molecule has 3 amide bonds. The molecule has 1 aliphatic heterocycles. The number of nitrogens with zero attached hydrogens (tertiary/aromatic N) is 6. The van der Waals surface area contributed by atoms with Gasteiger partial charge in [-0.25, -0.2) is 4.98 Å². The highest BCUT2D eigenvalue weighted by atomic mass is 35.5. The molecule has 1 saturated heterocycles. The lowest BCUT2D eigenvalue weighted by molar-refractivity contribution is -0.141. The fraction of sp³-hybridized carbons (Fsp3) is 0.375. The van der Waals surface area contributed by atoms with Crippen LogP contribution < -0.4 is 11.1 Å². The Hall–Kier alpha value is -3.62. The van der Waals surface area contributed by atoms with Crippen molar-refractivity contribution in [2.24, 2.45) is 12.8 Å². The first-order valence-corrected chi connectivity index (χ1v) is 12.4. The summed E-state index contributed by atoms with van der Waals surface area (Å²) in [4.78, 5) is 44.8. The molecule has 1 aromatic carbocycles. The molecule has 0 spiro atoms. The number of aryl methyl sites for hydroxylation is 1. The summed E-state index contributed by atoms with van der Waals surface area (Å²) in [5, 5.41) is 6.31. The van der Waals surface area contributed by atoms with Crippen LogP contribution in [0, 0.1) is 0 Å².